The van der Waals surface area contributed by atoms with E-state index in [0.29, 0.717) is 0 Å². The van der Waals surface area contributed by atoms with Gasteiger partial charge in [0, 0.05) is 0 Å². The fourth-order valence-corrected chi connectivity index (χ4v) is 1.20. The molecule has 2 rings (SSSR count). The first kappa shape index (κ1) is 18.3. The number of alkyl halides is 6. The molecule has 2 aliphatic rings. The molecule has 0 spiro atoms. The molecular formula is C12H10F6Ti. The largest absolute Gasteiger partial charge is 4.00 e. The van der Waals surface area contributed by atoms with Crippen LogP contribution in [-0.4, -0.2) is 12.4 Å². The minimum Gasteiger partial charge on any atom is -1.00 e. The molecule has 0 atom stereocenters. The van der Waals surface area contributed by atoms with Crippen molar-refractivity contribution in [1.29, 1.82) is 0 Å². The van der Waals surface area contributed by atoms with Crippen LogP contribution in [0.25, 0.3) is 0 Å². The first-order chi connectivity index (χ1) is 8.21. The van der Waals surface area contributed by atoms with Crippen molar-refractivity contribution in [2.24, 2.45) is 0 Å². The Kier molecular flexibility index (Phi) is 6.87. The molecule has 0 N–H and O–H groups in total. The third-order valence-corrected chi connectivity index (χ3v) is 2.00. The molecule has 0 radical (unpaired) electrons. The summed E-state index contributed by atoms with van der Waals surface area (Å²) >= 11 is 0. The van der Waals surface area contributed by atoms with E-state index in [-0.39, 0.29) is 37.4 Å². The second-order valence-corrected chi connectivity index (χ2v) is 3.39. The normalized spacial score (nSPS) is 17.4. The van der Waals surface area contributed by atoms with Crippen molar-refractivity contribution in [2.75, 3.05) is 0 Å². The van der Waals surface area contributed by atoms with Gasteiger partial charge in [-0.15, -0.1) is 24.0 Å². The molecule has 0 saturated heterocycles. The minimum atomic E-state index is -4.20. The maximum absolute atomic E-state index is 11.6. The van der Waals surface area contributed by atoms with E-state index < -0.39 is 23.5 Å². The molecule has 0 aromatic heterocycles. The average Bonchev–Trinajstić information content (AvgIpc) is 2.91. The van der Waals surface area contributed by atoms with Gasteiger partial charge in [0.25, 0.3) is 0 Å². The third-order valence-electron chi connectivity index (χ3n) is 2.00. The van der Waals surface area contributed by atoms with E-state index in [1.165, 1.54) is 12.2 Å². The quantitative estimate of drug-likeness (QED) is 0.345. The Bertz CT molecular complexity index is 378. The molecule has 0 heterocycles. The van der Waals surface area contributed by atoms with E-state index in [2.05, 4.69) is 12.2 Å². The van der Waals surface area contributed by atoms with Gasteiger partial charge in [-0.05, 0) is 0 Å². The monoisotopic (exact) mass is 316 g/mol. The van der Waals surface area contributed by atoms with Crippen LogP contribution in [0, 0.1) is 12.2 Å². The van der Waals surface area contributed by atoms with Crippen LogP contribution in [0.2, 0.25) is 0 Å². The molecule has 104 valence electrons. The zero-order valence-electron chi connectivity index (χ0n) is 11.5. The number of hydrogen-bond donors (Lipinski definition) is 0. The van der Waals surface area contributed by atoms with Crippen LogP contribution in [0.1, 0.15) is 15.7 Å². The van der Waals surface area contributed by atoms with Gasteiger partial charge in [0.05, 0.1) is 0 Å². The Balaban J connectivity index is -0.000000270. The summed E-state index contributed by atoms with van der Waals surface area (Å²) < 4.78 is 69.7. The number of allylic oxidation sites excluding steroid dienone is 8. The summed E-state index contributed by atoms with van der Waals surface area (Å²) in [5, 5.41) is 0. The molecular weight excluding hydrogens is 306 g/mol. The Morgan fingerprint density at radius 2 is 1.11 bits per heavy atom. The summed E-state index contributed by atoms with van der Waals surface area (Å²) in [6, 6.07) is 0. The van der Waals surface area contributed by atoms with Crippen LogP contribution in [0.15, 0.2) is 35.5 Å². The van der Waals surface area contributed by atoms with Crippen molar-refractivity contribution >= 4 is 0 Å². The SMILES string of the molecule is FC(F)(F)C1=[C-]CC=C1.FC(F)(F)C1=[C-]CC=C1.[H-].[H-].[Ti+4]. The van der Waals surface area contributed by atoms with Gasteiger partial charge in [-0.2, -0.15) is 38.5 Å². The molecule has 0 bridgehead atoms. The van der Waals surface area contributed by atoms with E-state index in [4.69, 9.17) is 0 Å². The second kappa shape index (κ2) is 7.15. The molecule has 0 unspecified atom stereocenters. The Morgan fingerprint density at radius 1 is 0.789 bits per heavy atom. The molecule has 0 nitrogen and oxygen atoms in total. The summed E-state index contributed by atoms with van der Waals surface area (Å²) in [6.45, 7) is 0. The number of halogens is 6. The van der Waals surface area contributed by atoms with E-state index in [1.807, 2.05) is 0 Å². The molecule has 7 heteroatoms. The van der Waals surface area contributed by atoms with E-state index in [1.54, 1.807) is 0 Å². The van der Waals surface area contributed by atoms with Crippen molar-refractivity contribution in [3.63, 3.8) is 0 Å². The van der Waals surface area contributed by atoms with Gasteiger partial charge in [-0.3, -0.25) is 12.2 Å². The smallest absolute Gasteiger partial charge is 1.00 e. The predicted molar refractivity (Wildman–Crippen MR) is 55.4 cm³/mol. The summed E-state index contributed by atoms with van der Waals surface area (Å²) in [5.74, 6) is 0. The Morgan fingerprint density at radius 3 is 1.21 bits per heavy atom. The summed E-state index contributed by atoms with van der Waals surface area (Å²) in [6.07, 6.45) is 1.47. The van der Waals surface area contributed by atoms with Gasteiger partial charge in [0.15, 0.2) is 0 Å². The van der Waals surface area contributed by atoms with Crippen LogP contribution < -0.4 is 0 Å². The minimum absolute atomic E-state index is 0. The first-order valence-corrected chi connectivity index (χ1v) is 4.90. The molecule has 0 aliphatic heterocycles. The van der Waals surface area contributed by atoms with Crippen LogP contribution in [0.4, 0.5) is 26.3 Å². The summed E-state index contributed by atoms with van der Waals surface area (Å²) in [5.41, 5.74) is -1.30. The van der Waals surface area contributed by atoms with E-state index in [9.17, 15) is 26.3 Å². The third kappa shape index (κ3) is 6.30. The summed E-state index contributed by atoms with van der Waals surface area (Å²) in [7, 11) is 0. The van der Waals surface area contributed by atoms with Crippen LogP contribution >= 0.6 is 0 Å². The van der Waals surface area contributed by atoms with Gasteiger partial charge in [-0.1, -0.05) is 0 Å². The Labute approximate surface area is 124 Å². The van der Waals surface area contributed by atoms with Gasteiger partial charge in [0.2, 0.25) is 0 Å². The van der Waals surface area contributed by atoms with Gasteiger partial charge < -0.3 is 2.85 Å². The Hall–Kier alpha value is -0.746. The maximum atomic E-state index is 11.6. The molecule has 0 saturated carbocycles. The number of hydrogen-bond acceptors (Lipinski definition) is 0. The van der Waals surface area contributed by atoms with Gasteiger partial charge >= 0.3 is 34.1 Å². The zero-order valence-corrected chi connectivity index (χ0v) is 11.1. The van der Waals surface area contributed by atoms with Crippen molar-refractivity contribution in [3.8, 4) is 0 Å². The van der Waals surface area contributed by atoms with Crippen LogP contribution in [-0.2, 0) is 21.7 Å². The molecule has 0 aromatic rings. The average molecular weight is 316 g/mol. The first-order valence-electron chi connectivity index (χ1n) is 4.90. The van der Waals surface area contributed by atoms with Crippen LogP contribution in [0.3, 0.4) is 0 Å². The van der Waals surface area contributed by atoms with Gasteiger partial charge in [-0.25, -0.2) is 12.2 Å². The van der Waals surface area contributed by atoms with Crippen LogP contribution in [0.5, 0.6) is 0 Å². The maximum Gasteiger partial charge on any atom is 4.00 e. The topological polar surface area (TPSA) is 0 Å². The fraction of sp³-hybridized carbons (Fsp3) is 0.333. The van der Waals surface area contributed by atoms with Crippen molar-refractivity contribution in [1.82, 2.24) is 0 Å². The van der Waals surface area contributed by atoms with Gasteiger partial charge in [0.1, 0.15) is 0 Å². The van der Waals surface area contributed by atoms with Crippen molar-refractivity contribution in [2.45, 2.75) is 25.2 Å². The zero-order chi connectivity index (χ0) is 13.8. The molecule has 0 fully saturated rings. The molecule has 2 aliphatic carbocycles. The predicted octanol–water partition coefficient (Wildman–Crippen LogP) is 4.70. The molecule has 0 amide bonds. The fourth-order valence-electron chi connectivity index (χ4n) is 1.20. The molecule has 19 heavy (non-hydrogen) atoms. The van der Waals surface area contributed by atoms with E-state index >= 15 is 0 Å². The standard InChI is InChI=1S/2C6H4F3.Ti.2H/c2*7-6(8,9)5-3-1-2-4-5;;;/h2*1,3H,2H2;;;/q2*-1;+4;2*-1. The summed E-state index contributed by atoms with van der Waals surface area (Å²) in [4.78, 5) is 0. The molecule has 0 aromatic carbocycles. The van der Waals surface area contributed by atoms with E-state index in [0.717, 1.165) is 12.2 Å². The van der Waals surface area contributed by atoms with Crippen molar-refractivity contribution < 1.29 is 50.9 Å². The number of rotatable bonds is 0. The second-order valence-electron chi connectivity index (χ2n) is 3.39. The van der Waals surface area contributed by atoms with Crippen molar-refractivity contribution in [3.05, 3.63) is 47.6 Å².